The van der Waals surface area contributed by atoms with Crippen LogP contribution in [0.4, 0.5) is 20.1 Å². The van der Waals surface area contributed by atoms with E-state index in [1.807, 2.05) is 125 Å². The van der Waals surface area contributed by atoms with E-state index < -0.39 is 64.8 Å². The van der Waals surface area contributed by atoms with Crippen LogP contribution in [0.25, 0.3) is 33.4 Å². The van der Waals surface area contributed by atoms with Gasteiger partial charge >= 0.3 is 18.1 Å². The third-order valence-electron chi connectivity index (χ3n) is 13.4. The van der Waals surface area contributed by atoms with Gasteiger partial charge in [-0.25, -0.2) is 53.8 Å². The number of carbonyl (C=O) groups excluding carboxylic acids is 3. The maximum atomic E-state index is 13.0. The van der Waals surface area contributed by atoms with E-state index in [-0.39, 0.29) is 37.6 Å². The van der Waals surface area contributed by atoms with Crippen molar-refractivity contribution < 1.29 is 68.1 Å². The molecule has 0 radical (unpaired) electrons. The standard InChI is InChI=1S/C25H28N2O5S.C24H27N3O5S.C24H26N2O5S/c1-17-9-14-22(23(15-17)33(29,30)27-24(28)26-25(2,3)4)32-21-8-6-7-19(16-21)18-10-12-20(31-5)13-11-18;1-24(2,3)26-23(28)27-33(29,30)22-15-18(25)10-13-21(22)32-20-7-5-6-17(14-20)16-8-11-19(31-4)12-9-16;1-24(2,3)25-23(27)26-32(28,29)22-11-6-5-10-21(22)31-20-9-7-8-18(16-20)17-12-14-19(30-4)15-13-17/h6-16H,1-5H3,(H2,26,27,28);5-15H,25H2,1-4H3,(H2,26,27,28);5-16H,1-4H3,(H2,25,26,27). The van der Waals surface area contributed by atoms with Crippen molar-refractivity contribution >= 4 is 53.9 Å². The molecule has 8 N–H and O–H groups in total. The predicted octanol–water partition coefficient (Wildman–Crippen LogP) is 14.7. The van der Waals surface area contributed by atoms with E-state index in [0.29, 0.717) is 22.8 Å². The van der Waals surface area contributed by atoms with Gasteiger partial charge in [0.15, 0.2) is 0 Å². The molecule has 0 aliphatic carbocycles. The van der Waals surface area contributed by atoms with E-state index in [1.54, 1.807) is 145 Å². The average Bonchev–Trinajstić information content (AvgIpc) is 0.811. The Bertz CT molecular complexity index is 4430. The Balaban J connectivity index is 0.000000207. The van der Waals surface area contributed by atoms with Crippen LogP contribution in [0.3, 0.4) is 0 Å². The molecule has 0 spiro atoms. The van der Waals surface area contributed by atoms with E-state index in [1.165, 1.54) is 36.4 Å². The lowest BCUT2D eigenvalue weighted by atomic mass is 10.1. The van der Waals surface area contributed by atoms with Crippen molar-refractivity contribution in [1.29, 1.82) is 0 Å². The van der Waals surface area contributed by atoms with Crippen LogP contribution in [0.5, 0.6) is 51.7 Å². The molecule has 0 aromatic heterocycles. The summed E-state index contributed by atoms with van der Waals surface area (Å²) in [5.74, 6) is 3.84. The highest BCUT2D eigenvalue weighted by Crippen LogP contribution is 2.37. The summed E-state index contributed by atoms with van der Waals surface area (Å²) in [6, 6.07) is 57.2. The molecule has 0 heterocycles. The van der Waals surface area contributed by atoms with E-state index in [0.717, 1.165) is 50.6 Å². The highest BCUT2D eigenvalue weighted by molar-refractivity contribution is 7.90. The van der Waals surface area contributed by atoms with Gasteiger partial charge in [-0.3, -0.25) is 0 Å². The van der Waals surface area contributed by atoms with Gasteiger partial charge in [0, 0.05) is 22.3 Å². The fourth-order valence-electron chi connectivity index (χ4n) is 9.06. The first-order chi connectivity index (χ1) is 46.0. The van der Waals surface area contributed by atoms with E-state index >= 15 is 0 Å². The first-order valence-corrected chi connectivity index (χ1v) is 34.9. The summed E-state index contributed by atoms with van der Waals surface area (Å²) in [6.45, 7) is 17.5. The van der Waals surface area contributed by atoms with Gasteiger partial charge in [-0.15, -0.1) is 0 Å². The van der Waals surface area contributed by atoms with E-state index in [4.69, 9.17) is 34.2 Å². The number of ether oxygens (including phenoxy) is 6. The van der Waals surface area contributed by atoms with Gasteiger partial charge in [-0.05, 0) is 223 Å². The van der Waals surface area contributed by atoms with Crippen molar-refractivity contribution in [3.05, 3.63) is 212 Å². The second-order valence-corrected chi connectivity index (χ2v) is 30.1. The van der Waals surface area contributed by atoms with Crippen LogP contribution in [0, 0.1) is 6.92 Å². The lowest BCUT2D eigenvalue weighted by Crippen LogP contribution is -2.48. The first-order valence-electron chi connectivity index (χ1n) is 30.4. The summed E-state index contributed by atoms with van der Waals surface area (Å²) in [5.41, 5.74) is 10.5. The number of rotatable bonds is 18. The Hall–Kier alpha value is -10.8. The minimum Gasteiger partial charge on any atom is -0.497 e. The number of nitrogens with two attached hydrogens (primary N) is 1. The highest BCUT2D eigenvalue weighted by atomic mass is 32.2. The molecular formula is C73H81N7O15S3. The zero-order chi connectivity index (χ0) is 71.8. The maximum absolute atomic E-state index is 13.0. The SMILES string of the molecule is COc1ccc(-c2cccc(Oc3ccc(C)cc3S(=O)(=O)NC(=O)NC(C)(C)C)c2)cc1.COc1ccc(-c2cccc(Oc3ccc(N)cc3S(=O)(=O)NC(=O)NC(C)(C)C)c2)cc1.COc1ccc(-c2cccc(Oc3ccccc3S(=O)(=O)NC(=O)NC(C)(C)C)c2)cc1. The molecule has 0 atom stereocenters. The molecule has 0 unspecified atom stereocenters. The summed E-state index contributed by atoms with van der Waals surface area (Å²) < 4.78 is 117. The number of nitrogen functional groups attached to an aromatic ring is 1. The normalized spacial score (nSPS) is 11.5. The number of para-hydroxylation sites is 1. The molecule has 6 amide bonds. The summed E-state index contributed by atoms with van der Waals surface area (Å²) in [7, 11) is -7.77. The van der Waals surface area contributed by atoms with Gasteiger partial charge < -0.3 is 50.1 Å². The third-order valence-corrected chi connectivity index (χ3v) is 17.5. The van der Waals surface area contributed by atoms with Crippen LogP contribution in [0.1, 0.15) is 67.9 Å². The zero-order valence-electron chi connectivity index (χ0n) is 56.6. The van der Waals surface area contributed by atoms with Crippen LogP contribution >= 0.6 is 0 Å². The number of aryl methyl sites for hydroxylation is 1. The van der Waals surface area contributed by atoms with Crippen molar-refractivity contribution in [2.45, 2.75) is 101 Å². The molecule has 0 fully saturated rings. The van der Waals surface area contributed by atoms with Crippen molar-refractivity contribution in [2.24, 2.45) is 0 Å². The number of hydrogen-bond acceptors (Lipinski definition) is 16. The second-order valence-electron chi connectivity index (χ2n) is 25.1. The number of amides is 6. The molecule has 9 rings (SSSR count). The molecule has 25 heteroatoms. The van der Waals surface area contributed by atoms with Gasteiger partial charge in [-0.2, -0.15) is 0 Å². The molecule has 0 saturated heterocycles. The van der Waals surface area contributed by atoms with Crippen molar-refractivity contribution in [3.8, 4) is 85.1 Å². The fourth-order valence-corrected chi connectivity index (χ4v) is 12.3. The van der Waals surface area contributed by atoms with Gasteiger partial charge in [0.2, 0.25) is 0 Å². The Morgan fingerprint density at radius 1 is 0.327 bits per heavy atom. The molecule has 0 saturated carbocycles. The van der Waals surface area contributed by atoms with Gasteiger partial charge in [0.1, 0.15) is 66.4 Å². The first kappa shape index (κ1) is 74.6. The Kier molecular flexibility index (Phi) is 24.3. The molecule has 98 heavy (non-hydrogen) atoms. The molecular weight excluding hydrogens is 1310 g/mol. The Labute approximate surface area is 573 Å². The number of carbonyl (C=O) groups is 3. The summed E-state index contributed by atoms with van der Waals surface area (Å²) >= 11 is 0. The Morgan fingerprint density at radius 2 is 0.633 bits per heavy atom. The molecule has 9 aromatic carbocycles. The monoisotopic (exact) mass is 1390 g/mol. The van der Waals surface area contributed by atoms with Crippen LogP contribution < -0.4 is 64.3 Å². The van der Waals surface area contributed by atoms with Gasteiger partial charge in [0.25, 0.3) is 30.1 Å². The fraction of sp³-hybridized carbons (Fsp3) is 0.219. The predicted molar refractivity (Wildman–Crippen MR) is 380 cm³/mol. The summed E-state index contributed by atoms with van der Waals surface area (Å²) in [5, 5.41) is 7.70. The Morgan fingerprint density at radius 3 is 0.969 bits per heavy atom. The van der Waals surface area contributed by atoms with Crippen LogP contribution in [0.15, 0.2) is 221 Å². The van der Waals surface area contributed by atoms with Gasteiger partial charge in [0.05, 0.1) is 21.3 Å². The molecule has 0 bridgehead atoms. The quantitative estimate of drug-likeness (QED) is 0.0393. The van der Waals surface area contributed by atoms with Crippen LogP contribution in [-0.4, -0.2) is 81.3 Å². The zero-order valence-corrected chi connectivity index (χ0v) is 59.0. The highest BCUT2D eigenvalue weighted by Gasteiger charge is 2.28. The topological polar surface area (TPSA) is 307 Å². The minimum atomic E-state index is -4.26. The number of urea groups is 3. The number of nitrogens with one attached hydrogen (secondary N) is 6. The van der Waals surface area contributed by atoms with Crippen LogP contribution in [-0.2, 0) is 30.1 Å². The number of benzene rings is 9. The molecule has 22 nitrogen and oxygen atoms in total. The smallest absolute Gasteiger partial charge is 0.329 e. The van der Waals surface area contributed by atoms with Crippen molar-refractivity contribution in [2.75, 3.05) is 27.1 Å². The second kappa shape index (κ2) is 31.9. The average molecular weight is 1390 g/mol. The lowest BCUT2D eigenvalue weighted by molar-refractivity contribution is 0.236. The van der Waals surface area contributed by atoms with Crippen molar-refractivity contribution in [1.82, 2.24) is 30.1 Å². The van der Waals surface area contributed by atoms with Crippen molar-refractivity contribution in [3.63, 3.8) is 0 Å². The molecule has 516 valence electrons. The number of sulfonamides is 3. The molecule has 0 aliphatic rings. The summed E-state index contributed by atoms with van der Waals surface area (Å²) in [4.78, 5) is 36.0. The van der Waals surface area contributed by atoms with E-state index in [9.17, 15) is 39.6 Å². The largest absolute Gasteiger partial charge is 0.497 e. The third kappa shape index (κ3) is 22.4. The lowest BCUT2D eigenvalue weighted by Gasteiger charge is -2.21. The van der Waals surface area contributed by atoms with Crippen LogP contribution in [0.2, 0.25) is 0 Å². The number of methoxy groups -OCH3 is 3. The maximum Gasteiger partial charge on any atom is 0.329 e. The van der Waals surface area contributed by atoms with Gasteiger partial charge in [-0.1, -0.05) is 91.0 Å². The number of anilines is 1. The number of hydrogen-bond donors (Lipinski definition) is 7. The molecule has 0 aliphatic heterocycles. The minimum absolute atomic E-state index is 0.0344. The van der Waals surface area contributed by atoms with E-state index in [2.05, 4.69) is 20.7 Å². The summed E-state index contributed by atoms with van der Waals surface area (Å²) in [6.07, 6.45) is 0. The molecule has 9 aromatic rings.